The van der Waals surface area contributed by atoms with Gasteiger partial charge < -0.3 is 24.4 Å². The molecule has 0 radical (unpaired) electrons. The maximum absolute atomic E-state index is 12.8. The fourth-order valence-corrected chi connectivity index (χ4v) is 4.30. The Morgan fingerprint density at radius 1 is 1.16 bits per heavy atom. The molecule has 0 aromatic heterocycles. The molecule has 3 heterocycles. The standard InChI is InChI=1S/C18H30N2O5/c1-23-7-4-19-17(21)8-14-11-25-12-15-9-20(10-16(14)15)18(22)13-2-5-24-6-3-13/h13-16H,2-12H2,1H3,(H,19,21)/t14-,15-,16+/m1/s1. The van der Waals surface area contributed by atoms with Crippen LogP contribution in [0.15, 0.2) is 0 Å². The molecular formula is C18H30N2O5. The molecule has 3 saturated heterocycles. The average Bonchev–Trinajstić information content (AvgIpc) is 3.07. The van der Waals surface area contributed by atoms with Gasteiger partial charge in [0.1, 0.15) is 0 Å². The minimum absolute atomic E-state index is 0.0421. The zero-order chi connectivity index (χ0) is 17.6. The molecule has 2 amide bonds. The first-order chi connectivity index (χ1) is 12.2. The normalized spacial score (nSPS) is 30.1. The predicted molar refractivity (Wildman–Crippen MR) is 90.9 cm³/mol. The number of ether oxygens (including phenoxy) is 3. The molecule has 25 heavy (non-hydrogen) atoms. The summed E-state index contributed by atoms with van der Waals surface area (Å²) in [5.41, 5.74) is 0. The number of hydrogen-bond donors (Lipinski definition) is 1. The van der Waals surface area contributed by atoms with Crippen LogP contribution < -0.4 is 5.32 Å². The van der Waals surface area contributed by atoms with Gasteiger partial charge in [0.2, 0.25) is 11.8 Å². The van der Waals surface area contributed by atoms with E-state index in [1.807, 2.05) is 4.90 Å². The molecule has 7 nitrogen and oxygen atoms in total. The summed E-state index contributed by atoms with van der Waals surface area (Å²) in [4.78, 5) is 26.9. The molecule has 0 bridgehead atoms. The number of amides is 2. The van der Waals surface area contributed by atoms with E-state index < -0.39 is 0 Å². The van der Waals surface area contributed by atoms with Crippen molar-refractivity contribution in [1.82, 2.24) is 10.2 Å². The monoisotopic (exact) mass is 354 g/mol. The lowest BCUT2D eigenvalue weighted by Gasteiger charge is -2.32. The summed E-state index contributed by atoms with van der Waals surface area (Å²) in [7, 11) is 1.62. The maximum Gasteiger partial charge on any atom is 0.225 e. The predicted octanol–water partition coefficient (Wildman–Crippen LogP) is 0.287. The number of carbonyl (C=O) groups is 2. The Morgan fingerprint density at radius 3 is 2.72 bits per heavy atom. The van der Waals surface area contributed by atoms with Crippen molar-refractivity contribution in [3.63, 3.8) is 0 Å². The van der Waals surface area contributed by atoms with Crippen molar-refractivity contribution < 1.29 is 23.8 Å². The largest absolute Gasteiger partial charge is 0.383 e. The molecule has 0 aliphatic carbocycles. The highest BCUT2D eigenvalue weighted by Crippen LogP contribution is 2.36. The molecule has 1 N–H and O–H groups in total. The number of rotatable bonds is 6. The Hall–Kier alpha value is -1.18. The Bertz CT molecular complexity index is 466. The van der Waals surface area contributed by atoms with E-state index >= 15 is 0 Å². The van der Waals surface area contributed by atoms with Crippen molar-refractivity contribution in [3.05, 3.63) is 0 Å². The summed E-state index contributed by atoms with van der Waals surface area (Å²) in [6.45, 7) is 5.26. The van der Waals surface area contributed by atoms with Crippen molar-refractivity contribution in [2.75, 3.05) is 59.8 Å². The first kappa shape index (κ1) is 18.6. The number of nitrogens with zero attached hydrogens (tertiary/aromatic N) is 1. The van der Waals surface area contributed by atoms with Crippen LogP contribution in [0, 0.1) is 23.7 Å². The SMILES string of the molecule is COCCNC(=O)C[C@@H]1COC[C@H]2CN(C(=O)C3CCOCC3)C[C@@H]12. The Labute approximate surface area is 149 Å². The highest BCUT2D eigenvalue weighted by Gasteiger charge is 2.44. The molecule has 3 fully saturated rings. The van der Waals surface area contributed by atoms with Crippen molar-refractivity contribution in [2.24, 2.45) is 23.7 Å². The van der Waals surface area contributed by atoms with Gasteiger partial charge >= 0.3 is 0 Å². The van der Waals surface area contributed by atoms with Crippen LogP contribution in [0.3, 0.4) is 0 Å². The molecule has 0 aromatic rings. The number of nitrogens with one attached hydrogen (secondary N) is 1. The molecule has 0 aromatic carbocycles. The molecule has 3 aliphatic heterocycles. The maximum atomic E-state index is 12.8. The third-order valence-corrected chi connectivity index (χ3v) is 5.72. The van der Waals surface area contributed by atoms with Crippen molar-refractivity contribution >= 4 is 11.8 Å². The van der Waals surface area contributed by atoms with E-state index in [2.05, 4.69) is 5.32 Å². The molecule has 0 saturated carbocycles. The van der Waals surface area contributed by atoms with Gasteiger partial charge in [-0.15, -0.1) is 0 Å². The number of methoxy groups -OCH3 is 1. The topological polar surface area (TPSA) is 77.1 Å². The average molecular weight is 354 g/mol. The summed E-state index contributed by atoms with van der Waals surface area (Å²) >= 11 is 0. The Morgan fingerprint density at radius 2 is 1.96 bits per heavy atom. The molecular weight excluding hydrogens is 324 g/mol. The summed E-state index contributed by atoms with van der Waals surface area (Å²) in [5, 5.41) is 2.88. The van der Waals surface area contributed by atoms with Crippen molar-refractivity contribution in [1.29, 1.82) is 0 Å². The summed E-state index contributed by atoms with van der Waals surface area (Å²) in [5.74, 6) is 1.32. The van der Waals surface area contributed by atoms with Crippen LogP contribution in [0.1, 0.15) is 19.3 Å². The summed E-state index contributed by atoms with van der Waals surface area (Å²) < 4.78 is 16.1. The van der Waals surface area contributed by atoms with E-state index in [9.17, 15) is 9.59 Å². The van der Waals surface area contributed by atoms with Crippen molar-refractivity contribution in [3.8, 4) is 0 Å². The lowest BCUT2D eigenvalue weighted by Crippen LogP contribution is -2.39. The quantitative estimate of drug-likeness (QED) is 0.694. The molecule has 0 spiro atoms. The zero-order valence-corrected chi connectivity index (χ0v) is 15.1. The molecule has 7 heteroatoms. The van der Waals surface area contributed by atoms with E-state index in [1.54, 1.807) is 7.11 Å². The zero-order valence-electron chi connectivity index (χ0n) is 15.1. The van der Waals surface area contributed by atoms with Crippen LogP contribution in [-0.4, -0.2) is 76.5 Å². The van der Waals surface area contributed by atoms with E-state index in [-0.39, 0.29) is 23.7 Å². The van der Waals surface area contributed by atoms with Gasteiger partial charge in [0.25, 0.3) is 0 Å². The Balaban J connectivity index is 1.52. The van der Waals surface area contributed by atoms with Gasteiger partial charge in [-0.2, -0.15) is 0 Å². The van der Waals surface area contributed by atoms with Crippen LogP contribution in [-0.2, 0) is 23.8 Å². The van der Waals surface area contributed by atoms with Gasteiger partial charge in [0.05, 0.1) is 19.8 Å². The number of likely N-dealkylation sites (tertiary alicyclic amines) is 1. The molecule has 3 rings (SSSR count). The van der Waals surface area contributed by atoms with Crippen molar-refractivity contribution in [2.45, 2.75) is 19.3 Å². The van der Waals surface area contributed by atoms with E-state index in [0.29, 0.717) is 57.8 Å². The minimum atomic E-state index is 0.0421. The molecule has 3 atom stereocenters. The van der Waals surface area contributed by atoms with E-state index in [0.717, 1.165) is 25.9 Å². The lowest BCUT2D eigenvalue weighted by atomic mass is 9.81. The number of fused-ring (bicyclic) bond motifs is 1. The first-order valence-electron chi connectivity index (χ1n) is 9.39. The van der Waals surface area contributed by atoms with Gasteiger partial charge in [0, 0.05) is 58.2 Å². The molecule has 0 unspecified atom stereocenters. The van der Waals surface area contributed by atoms with Gasteiger partial charge in [-0.05, 0) is 24.7 Å². The van der Waals surface area contributed by atoms with Gasteiger partial charge in [0.15, 0.2) is 0 Å². The minimum Gasteiger partial charge on any atom is -0.383 e. The van der Waals surface area contributed by atoms with Gasteiger partial charge in [-0.25, -0.2) is 0 Å². The molecule has 3 aliphatic rings. The second-order valence-electron chi connectivity index (χ2n) is 7.40. The van der Waals surface area contributed by atoms with Crippen LogP contribution in [0.5, 0.6) is 0 Å². The fraction of sp³-hybridized carbons (Fsp3) is 0.889. The van der Waals surface area contributed by atoms with Crippen LogP contribution in [0.2, 0.25) is 0 Å². The highest BCUT2D eigenvalue weighted by atomic mass is 16.5. The Kier molecular flexibility index (Phi) is 6.67. The van der Waals surface area contributed by atoms with Gasteiger partial charge in [-0.1, -0.05) is 0 Å². The summed E-state index contributed by atoms with van der Waals surface area (Å²) in [6.07, 6.45) is 2.11. The number of hydrogen-bond acceptors (Lipinski definition) is 5. The van der Waals surface area contributed by atoms with Crippen LogP contribution >= 0.6 is 0 Å². The fourth-order valence-electron chi connectivity index (χ4n) is 4.30. The second kappa shape index (κ2) is 8.96. The number of carbonyl (C=O) groups excluding carboxylic acids is 2. The third kappa shape index (κ3) is 4.71. The first-order valence-corrected chi connectivity index (χ1v) is 9.39. The second-order valence-corrected chi connectivity index (χ2v) is 7.40. The van der Waals surface area contributed by atoms with Crippen LogP contribution in [0.25, 0.3) is 0 Å². The smallest absolute Gasteiger partial charge is 0.225 e. The van der Waals surface area contributed by atoms with Crippen LogP contribution in [0.4, 0.5) is 0 Å². The van der Waals surface area contributed by atoms with E-state index in [4.69, 9.17) is 14.2 Å². The lowest BCUT2D eigenvalue weighted by molar-refractivity contribution is -0.137. The highest BCUT2D eigenvalue weighted by molar-refractivity contribution is 5.79. The summed E-state index contributed by atoms with van der Waals surface area (Å²) in [6, 6.07) is 0. The van der Waals surface area contributed by atoms with E-state index in [1.165, 1.54) is 0 Å². The van der Waals surface area contributed by atoms with Gasteiger partial charge in [-0.3, -0.25) is 9.59 Å². The molecule has 142 valence electrons. The third-order valence-electron chi connectivity index (χ3n) is 5.72.